The first-order chi connectivity index (χ1) is 15.4. The van der Waals surface area contributed by atoms with Gasteiger partial charge in [-0.3, -0.25) is 9.59 Å². The van der Waals surface area contributed by atoms with Crippen molar-refractivity contribution in [1.29, 1.82) is 0 Å². The summed E-state index contributed by atoms with van der Waals surface area (Å²) in [5.74, 6) is 0.274. The van der Waals surface area contributed by atoms with Crippen LogP contribution in [-0.2, 0) is 17.9 Å². The van der Waals surface area contributed by atoms with Gasteiger partial charge in [-0.05, 0) is 60.9 Å². The van der Waals surface area contributed by atoms with Gasteiger partial charge in [-0.25, -0.2) is 0 Å². The predicted molar refractivity (Wildman–Crippen MR) is 129 cm³/mol. The van der Waals surface area contributed by atoms with E-state index < -0.39 is 5.54 Å². The van der Waals surface area contributed by atoms with Crippen LogP contribution in [0.15, 0.2) is 41.8 Å². The van der Waals surface area contributed by atoms with Crippen molar-refractivity contribution in [3.63, 3.8) is 0 Å². The summed E-state index contributed by atoms with van der Waals surface area (Å²) in [7, 11) is 0. The Hall–Kier alpha value is -2.31. The van der Waals surface area contributed by atoms with Gasteiger partial charge in [0, 0.05) is 17.6 Å². The number of nitrogens with zero attached hydrogens (tertiary/aromatic N) is 2. The van der Waals surface area contributed by atoms with Gasteiger partial charge in [-0.1, -0.05) is 43.5 Å². The number of amides is 2. The summed E-state index contributed by atoms with van der Waals surface area (Å²) in [5, 5.41) is 6.01. The molecule has 5 nitrogen and oxygen atoms in total. The minimum Gasteiger partial charge on any atom is -0.351 e. The largest absolute Gasteiger partial charge is 0.351 e. The van der Waals surface area contributed by atoms with E-state index in [1.807, 2.05) is 53.3 Å². The Morgan fingerprint density at radius 1 is 1.22 bits per heavy atom. The molecule has 1 aliphatic carbocycles. The van der Waals surface area contributed by atoms with Crippen molar-refractivity contribution >= 4 is 45.0 Å². The highest BCUT2D eigenvalue weighted by atomic mass is 35.5. The molecule has 0 unspecified atom stereocenters. The summed E-state index contributed by atoms with van der Waals surface area (Å²) in [6.45, 7) is 4.92. The first-order valence-corrected chi connectivity index (χ1v) is 12.6. The lowest BCUT2D eigenvalue weighted by atomic mass is 9.85. The van der Waals surface area contributed by atoms with Gasteiger partial charge < -0.3 is 14.8 Å². The summed E-state index contributed by atoms with van der Waals surface area (Å²) in [5.41, 5.74) is 1.63. The number of hydrogen-bond donors (Lipinski definition) is 1. The minimum atomic E-state index is -0.991. The lowest BCUT2D eigenvalue weighted by Crippen LogP contribution is -2.65. The molecule has 5 rings (SSSR count). The second kappa shape index (κ2) is 8.23. The van der Waals surface area contributed by atoms with Crippen molar-refractivity contribution in [3.8, 4) is 0 Å². The Labute approximate surface area is 197 Å². The first kappa shape index (κ1) is 21.5. The predicted octanol–water partition coefficient (Wildman–Crippen LogP) is 5.47. The van der Waals surface area contributed by atoms with E-state index in [-0.39, 0.29) is 17.9 Å². The fourth-order valence-corrected chi connectivity index (χ4v) is 6.10. The molecule has 3 atom stereocenters. The highest BCUT2D eigenvalue weighted by Crippen LogP contribution is 2.36. The molecule has 1 fully saturated rings. The number of thiophene rings is 1. The molecule has 2 aliphatic rings. The standard InChI is InChI=1S/C25H28ClN3O2S/c1-16-5-3-4-6-19(16)27-24(31)25(2)15-28-20-11-12-32-22(20)13-21(28)23(30)29(25)14-17-7-9-18(26)10-8-17/h7-13,16,19H,3-6,14-15H2,1-2H3,(H,27,31)/t16-,19+,25+/m1/s1. The Bertz CT molecular complexity index is 1170. The van der Waals surface area contributed by atoms with E-state index in [2.05, 4.69) is 12.2 Å². The van der Waals surface area contributed by atoms with Crippen molar-refractivity contribution < 1.29 is 9.59 Å². The first-order valence-electron chi connectivity index (χ1n) is 11.3. The summed E-state index contributed by atoms with van der Waals surface area (Å²) < 4.78 is 3.10. The van der Waals surface area contributed by atoms with Crippen LogP contribution in [0.25, 0.3) is 10.2 Å². The number of nitrogens with one attached hydrogen (secondary N) is 1. The van der Waals surface area contributed by atoms with E-state index in [4.69, 9.17) is 11.6 Å². The molecular weight excluding hydrogens is 442 g/mol. The average molecular weight is 470 g/mol. The maximum atomic E-state index is 13.8. The topological polar surface area (TPSA) is 54.3 Å². The van der Waals surface area contributed by atoms with Crippen LogP contribution < -0.4 is 5.32 Å². The Morgan fingerprint density at radius 2 is 1.97 bits per heavy atom. The number of hydrogen-bond acceptors (Lipinski definition) is 3. The molecule has 0 spiro atoms. The molecule has 0 radical (unpaired) electrons. The van der Waals surface area contributed by atoms with Crippen LogP contribution in [0.1, 0.15) is 55.6 Å². The van der Waals surface area contributed by atoms with Crippen LogP contribution in [0.5, 0.6) is 0 Å². The highest BCUT2D eigenvalue weighted by molar-refractivity contribution is 7.17. The monoisotopic (exact) mass is 469 g/mol. The second-order valence-corrected chi connectivity index (χ2v) is 10.8. The number of fused-ring (bicyclic) bond motifs is 3. The fraction of sp³-hybridized carbons (Fsp3) is 0.440. The van der Waals surface area contributed by atoms with E-state index in [1.54, 1.807) is 16.2 Å². The molecule has 1 aliphatic heterocycles. The number of halogens is 1. The minimum absolute atomic E-state index is 0.0682. The van der Waals surface area contributed by atoms with Crippen LogP contribution in [0.3, 0.4) is 0 Å². The van der Waals surface area contributed by atoms with Crippen molar-refractivity contribution in [2.24, 2.45) is 5.92 Å². The summed E-state index contributed by atoms with van der Waals surface area (Å²) in [4.78, 5) is 29.3. The summed E-state index contributed by atoms with van der Waals surface area (Å²) in [6, 6.07) is 11.6. The van der Waals surface area contributed by atoms with Gasteiger partial charge in [0.05, 0.1) is 16.8 Å². The van der Waals surface area contributed by atoms with Crippen molar-refractivity contribution in [1.82, 2.24) is 14.8 Å². The molecule has 3 heterocycles. The van der Waals surface area contributed by atoms with Crippen molar-refractivity contribution in [2.45, 2.75) is 64.2 Å². The molecule has 0 saturated heterocycles. The smallest absolute Gasteiger partial charge is 0.271 e. The Morgan fingerprint density at radius 3 is 2.72 bits per heavy atom. The second-order valence-electron chi connectivity index (χ2n) is 9.42. The van der Waals surface area contributed by atoms with Crippen LogP contribution in [0, 0.1) is 5.92 Å². The molecular formula is C25H28ClN3O2S. The zero-order chi connectivity index (χ0) is 22.5. The maximum absolute atomic E-state index is 13.8. The molecule has 32 heavy (non-hydrogen) atoms. The Balaban J connectivity index is 1.52. The summed E-state index contributed by atoms with van der Waals surface area (Å²) in [6.07, 6.45) is 4.48. The van der Waals surface area contributed by atoms with Gasteiger partial charge >= 0.3 is 0 Å². The van der Waals surface area contributed by atoms with E-state index >= 15 is 0 Å². The maximum Gasteiger partial charge on any atom is 0.271 e. The number of benzene rings is 1. The van der Waals surface area contributed by atoms with E-state index in [0.29, 0.717) is 29.7 Å². The third kappa shape index (κ3) is 3.63. The van der Waals surface area contributed by atoms with Gasteiger partial charge in [-0.2, -0.15) is 0 Å². The molecule has 2 aromatic heterocycles. The zero-order valence-corrected chi connectivity index (χ0v) is 20.0. The third-order valence-electron chi connectivity index (χ3n) is 7.22. The summed E-state index contributed by atoms with van der Waals surface area (Å²) >= 11 is 7.68. The highest BCUT2D eigenvalue weighted by Gasteiger charge is 2.48. The third-order valence-corrected chi connectivity index (χ3v) is 8.32. The van der Waals surface area contributed by atoms with Crippen LogP contribution in [0.2, 0.25) is 5.02 Å². The van der Waals surface area contributed by atoms with Gasteiger partial charge in [0.25, 0.3) is 5.91 Å². The lowest BCUT2D eigenvalue weighted by Gasteiger charge is -2.45. The SMILES string of the molecule is C[C@@H]1CCCC[C@@H]1NC(=O)[C@]1(C)Cn2c(cc3sccc32)C(=O)N1Cc1ccc(Cl)cc1. The van der Waals surface area contributed by atoms with E-state index in [0.717, 1.165) is 35.0 Å². The Kier molecular flexibility index (Phi) is 5.54. The van der Waals surface area contributed by atoms with Crippen LogP contribution in [0.4, 0.5) is 0 Å². The molecule has 168 valence electrons. The molecule has 7 heteroatoms. The lowest BCUT2D eigenvalue weighted by molar-refractivity contribution is -0.134. The average Bonchev–Trinajstić information content (AvgIpc) is 3.36. The van der Waals surface area contributed by atoms with Gasteiger partial charge in [-0.15, -0.1) is 11.3 Å². The van der Waals surface area contributed by atoms with E-state index in [9.17, 15) is 9.59 Å². The fourth-order valence-electron chi connectivity index (χ4n) is 5.15. The molecule has 3 aromatic rings. The number of carbonyl (C=O) groups is 2. The molecule has 1 N–H and O–H groups in total. The van der Waals surface area contributed by atoms with Gasteiger partial charge in [0.2, 0.25) is 5.91 Å². The normalized spacial score (nSPS) is 25.7. The van der Waals surface area contributed by atoms with Gasteiger partial charge in [0.15, 0.2) is 0 Å². The number of carbonyl (C=O) groups excluding carboxylic acids is 2. The van der Waals surface area contributed by atoms with Crippen LogP contribution >= 0.6 is 22.9 Å². The van der Waals surface area contributed by atoms with Crippen molar-refractivity contribution in [2.75, 3.05) is 0 Å². The molecule has 1 aromatic carbocycles. The van der Waals surface area contributed by atoms with E-state index in [1.165, 1.54) is 6.42 Å². The number of rotatable bonds is 4. The number of aromatic nitrogens is 1. The van der Waals surface area contributed by atoms with Crippen molar-refractivity contribution in [3.05, 3.63) is 58.1 Å². The van der Waals surface area contributed by atoms with Gasteiger partial charge in [0.1, 0.15) is 11.2 Å². The molecule has 0 bridgehead atoms. The molecule has 1 saturated carbocycles. The zero-order valence-electron chi connectivity index (χ0n) is 18.4. The van der Waals surface area contributed by atoms with Crippen LogP contribution in [-0.4, -0.2) is 32.9 Å². The quantitative estimate of drug-likeness (QED) is 0.551. The molecule has 2 amide bonds.